The van der Waals surface area contributed by atoms with Gasteiger partial charge in [0.05, 0.1) is 37.4 Å². The third-order valence-electron chi connectivity index (χ3n) is 3.72. The summed E-state index contributed by atoms with van der Waals surface area (Å²) >= 11 is 0. The maximum atomic E-state index is 11.2. The van der Waals surface area contributed by atoms with Crippen LogP contribution in [0.3, 0.4) is 0 Å². The van der Waals surface area contributed by atoms with Crippen LogP contribution >= 0.6 is 0 Å². The van der Waals surface area contributed by atoms with Crippen molar-refractivity contribution in [3.63, 3.8) is 0 Å². The number of methoxy groups -OCH3 is 1. The highest BCUT2D eigenvalue weighted by Gasteiger charge is 2.47. The van der Waals surface area contributed by atoms with E-state index in [0.29, 0.717) is 6.42 Å². The van der Waals surface area contributed by atoms with Crippen molar-refractivity contribution >= 4 is 5.97 Å². The summed E-state index contributed by atoms with van der Waals surface area (Å²) < 4.78 is 16.1. The lowest BCUT2D eigenvalue weighted by Gasteiger charge is -2.48. The van der Waals surface area contributed by atoms with Gasteiger partial charge in [0.15, 0.2) is 0 Å². The molecule has 2 rings (SSSR count). The average molecular weight is 244 g/mol. The Kier molecular flexibility index (Phi) is 3.70. The highest BCUT2D eigenvalue weighted by Crippen LogP contribution is 2.38. The van der Waals surface area contributed by atoms with E-state index < -0.39 is 12.2 Å². The molecule has 0 amide bonds. The lowest BCUT2D eigenvalue weighted by molar-refractivity contribution is -0.251. The van der Waals surface area contributed by atoms with Crippen molar-refractivity contribution in [1.29, 1.82) is 0 Å². The zero-order chi connectivity index (χ0) is 12.5. The highest BCUT2D eigenvalue weighted by atomic mass is 16.6. The standard InChI is InChI=1S/C12H20O5/c1-12-4-3-5-16-10(12)6-8(13)9(17-12)7-11(14)15-2/h8-10,13H,3-7H2,1-2H3/t8-,9+,10+,12-/m0/s1. The quantitative estimate of drug-likeness (QED) is 0.722. The first-order valence-electron chi connectivity index (χ1n) is 6.09. The molecule has 0 aromatic rings. The van der Waals surface area contributed by atoms with Gasteiger partial charge >= 0.3 is 5.97 Å². The minimum Gasteiger partial charge on any atom is -0.469 e. The van der Waals surface area contributed by atoms with Gasteiger partial charge in [0.25, 0.3) is 0 Å². The van der Waals surface area contributed by atoms with Gasteiger partial charge in [0.1, 0.15) is 0 Å². The molecule has 0 spiro atoms. The Labute approximate surface area is 101 Å². The largest absolute Gasteiger partial charge is 0.469 e. The monoisotopic (exact) mass is 244 g/mol. The number of rotatable bonds is 2. The summed E-state index contributed by atoms with van der Waals surface area (Å²) in [5.41, 5.74) is -0.379. The minimum absolute atomic E-state index is 0.0693. The van der Waals surface area contributed by atoms with Crippen LogP contribution in [0, 0.1) is 0 Å². The first-order valence-corrected chi connectivity index (χ1v) is 6.09. The summed E-state index contributed by atoms with van der Waals surface area (Å²) in [6.07, 6.45) is 1.27. The van der Waals surface area contributed by atoms with Gasteiger partial charge in [-0.25, -0.2) is 0 Å². The molecule has 1 N–H and O–H groups in total. The highest BCUT2D eigenvalue weighted by molar-refractivity contribution is 5.69. The maximum Gasteiger partial charge on any atom is 0.308 e. The molecule has 2 aliphatic rings. The zero-order valence-corrected chi connectivity index (χ0v) is 10.3. The summed E-state index contributed by atoms with van der Waals surface area (Å²) in [7, 11) is 1.34. The number of fused-ring (bicyclic) bond motifs is 1. The van der Waals surface area contributed by atoms with Gasteiger partial charge in [-0.05, 0) is 19.8 Å². The first-order chi connectivity index (χ1) is 8.05. The predicted octanol–water partition coefficient (Wildman–Crippen LogP) is 0.637. The molecule has 4 atom stereocenters. The summed E-state index contributed by atoms with van der Waals surface area (Å²) in [5.74, 6) is -0.354. The molecule has 0 bridgehead atoms. The number of hydrogen-bond donors (Lipinski definition) is 1. The van der Waals surface area contributed by atoms with Crippen molar-refractivity contribution < 1.29 is 24.1 Å². The molecule has 0 aromatic carbocycles. The van der Waals surface area contributed by atoms with Crippen molar-refractivity contribution in [2.75, 3.05) is 13.7 Å². The molecule has 0 saturated carbocycles. The Morgan fingerprint density at radius 1 is 1.59 bits per heavy atom. The predicted molar refractivity (Wildman–Crippen MR) is 59.5 cm³/mol. The van der Waals surface area contributed by atoms with E-state index in [1.54, 1.807) is 0 Å². The Bertz CT molecular complexity index is 293. The van der Waals surface area contributed by atoms with Crippen molar-refractivity contribution in [1.82, 2.24) is 0 Å². The van der Waals surface area contributed by atoms with E-state index in [-0.39, 0.29) is 24.1 Å². The van der Waals surface area contributed by atoms with Crippen LogP contribution in [0.2, 0.25) is 0 Å². The normalized spacial score (nSPS) is 41.7. The van der Waals surface area contributed by atoms with Gasteiger partial charge in [0, 0.05) is 13.0 Å². The van der Waals surface area contributed by atoms with Gasteiger partial charge in [-0.1, -0.05) is 0 Å². The number of carbonyl (C=O) groups excluding carboxylic acids is 1. The topological polar surface area (TPSA) is 65.0 Å². The van der Waals surface area contributed by atoms with E-state index in [1.807, 2.05) is 6.92 Å². The minimum atomic E-state index is -0.662. The zero-order valence-electron chi connectivity index (χ0n) is 10.3. The Morgan fingerprint density at radius 2 is 2.35 bits per heavy atom. The lowest BCUT2D eigenvalue weighted by atomic mass is 9.83. The van der Waals surface area contributed by atoms with Crippen LogP contribution < -0.4 is 0 Å². The van der Waals surface area contributed by atoms with Crippen molar-refractivity contribution in [2.45, 2.75) is 56.5 Å². The molecule has 0 radical (unpaired) electrons. The van der Waals surface area contributed by atoms with Crippen LogP contribution in [-0.2, 0) is 19.0 Å². The van der Waals surface area contributed by atoms with Crippen LogP contribution in [0.4, 0.5) is 0 Å². The van der Waals surface area contributed by atoms with E-state index in [1.165, 1.54) is 7.11 Å². The molecule has 2 fully saturated rings. The van der Waals surface area contributed by atoms with Crippen molar-refractivity contribution in [3.8, 4) is 0 Å². The van der Waals surface area contributed by atoms with Gasteiger partial charge in [-0.2, -0.15) is 0 Å². The molecule has 5 heteroatoms. The molecule has 17 heavy (non-hydrogen) atoms. The SMILES string of the molecule is COC(=O)C[C@H]1O[C@@]2(C)CCCO[C@@H]2C[C@@H]1O. The third-order valence-corrected chi connectivity index (χ3v) is 3.72. The Hall–Kier alpha value is -0.650. The summed E-state index contributed by atoms with van der Waals surface area (Å²) in [4.78, 5) is 11.2. The van der Waals surface area contributed by atoms with E-state index >= 15 is 0 Å². The number of aliphatic hydroxyl groups is 1. The summed E-state index contributed by atoms with van der Waals surface area (Å²) in [6, 6.07) is 0. The molecule has 2 aliphatic heterocycles. The number of aliphatic hydroxyl groups excluding tert-OH is 1. The van der Waals surface area contributed by atoms with E-state index in [2.05, 4.69) is 4.74 Å². The molecule has 98 valence electrons. The van der Waals surface area contributed by atoms with E-state index in [9.17, 15) is 9.90 Å². The number of esters is 1. The van der Waals surface area contributed by atoms with Gasteiger partial charge in [-0.15, -0.1) is 0 Å². The van der Waals surface area contributed by atoms with Crippen LogP contribution in [0.5, 0.6) is 0 Å². The van der Waals surface area contributed by atoms with Crippen LogP contribution in [0.25, 0.3) is 0 Å². The second-order valence-corrected chi connectivity index (χ2v) is 5.02. The lowest BCUT2D eigenvalue weighted by Crippen LogP contribution is -2.57. The molecular weight excluding hydrogens is 224 g/mol. The Balaban J connectivity index is 2.03. The number of hydrogen-bond acceptors (Lipinski definition) is 5. The Morgan fingerprint density at radius 3 is 3.06 bits per heavy atom. The van der Waals surface area contributed by atoms with Crippen molar-refractivity contribution in [2.24, 2.45) is 0 Å². The number of carbonyl (C=O) groups is 1. The summed E-state index contributed by atoms with van der Waals surface area (Å²) in [6.45, 7) is 2.71. The third kappa shape index (κ3) is 2.61. The number of ether oxygens (including phenoxy) is 3. The first kappa shape index (κ1) is 12.8. The fourth-order valence-electron chi connectivity index (χ4n) is 2.66. The van der Waals surface area contributed by atoms with Gasteiger partial charge in [0.2, 0.25) is 0 Å². The van der Waals surface area contributed by atoms with Gasteiger partial charge < -0.3 is 19.3 Å². The fraction of sp³-hybridized carbons (Fsp3) is 0.917. The van der Waals surface area contributed by atoms with Crippen molar-refractivity contribution in [3.05, 3.63) is 0 Å². The summed E-state index contributed by atoms with van der Waals surface area (Å²) in [5, 5.41) is 9.95. The molecule has 5 nitrogen and oxygen atoms in total. The average Bonchev–Trinajstić information content (AvgIpc) is 2.30. The molecule has 0 unspecified atom stereocenters. The molecule has 0 aliphatic carbocycles. The van der Waals surface area contributed by atoms with Crippen LogP contribution in [-0.4, -0.2) is 48.7 Å². The second kappa shape index (κ2) is 4.92. The van der Waals surface area contributed by atoms with E-state index in [4.69, 9.17) is 9.47 Å². The molecular formula is C12H20O5. The van der Waals surface area contributed by atoms with Crippen LogP contribution in [0.1, 0.15) is 32.6 Å². The molecule has 2 saturated heterocycles. The second-order valence-electron chi connectivity index (χ2n) is 5.02. The van der Waals surface area contributed by atoms with E-state index in [0.717, 1.165) is 19.4 Å². The van der Waals surface area contributed by atoms with Crippen LogP contribution in [0.15, 0.2) is 0 Å². The van der Waals surface area contributed by atoms with Gasteiger partial charge in [-0.3, -0.25) is 4.79 Å². The molecule has 0 aromatic heterocycles. The molecule has 2 heterocycles. The smallest absolute Gasteiger partial charge is 0.308 e. The fourth-order valence-corrected chi connectivity index (χ4v) is 2.66. The maximum absolute atomic E-state index is 11.2.